The molecule has 0 fully saturated rings. The Balaban J connectivity index is 2.27. The van der Waals surface area contributed by atoms with Gasteiger partial charge in [-0.3, -0.25) is 0 Å². The number of nitrogens with zero attached hydrogens (tertiary/aromatic N) is 2. The lowest BCUT2D eigenvalue weighted by Crippen LogP contribution is -2.40. The van der Waals surface area contributed by atoms with E-state index < -0.39 is 0 Å². The van der Waals surface area contributed by atoms with Crippen LogP contribution in [0.1, 0.15) is 19.7 Å². The molecule has 0 radical (unpaired) electrons. The van der Waals surface area contributed by atoms with Crippen molar-refractivity contribution in [3.8, 4) is 0 Å². The highest BCUT2D eigenvalue weighted by atomic mass is 16.3. The van der Waals surface area contributed by atoms with E-state index in [2.05, 4.69) is 34.8 Å². The van der Waals surface area contributed by atoms with Gasteiger partial charge in [0, 0.05) is 18.6 Å². The Labute approximate surface area is 108 Å². The highest BCUT2D eigenvalue weighted by Gasteiger charge is 2.13. The number of hydrogen-bond acceptors (Lipinski definition) is 3. The molecule has 1 aromatic heterocycles. The number of aromatic nitrogens is 2. The van der Waals surface area contributed by atoms with Gasteiger partial charge in [-0.15, -0.1) is 0 Å². The molecule has 2 aromatic rings. The average Bonchev–Trinajstić information content (AvgIpc) is 2.64. The van der Waals surface area contributed by atoms with Gasteiger partial charge < -0.3 is 15.0 Å². The maximum Gasteiger partial charge on any atom is 0.106 e. The zero-order valence-electron chi connectivity index (χ0n) is 11.2. The first-order valence-electron chi connectivity index (χ1n) is 6.40. The number of aliphatic hydroxyl groups is 1. The van der Waals surface area contributed by atoms with Crippen LogP contribution < -0.4 is 5.32 Å². The first-order chi connectivity index (χ1) is 8.61. The van der Waals surface area contributed by atoms with E-state index in [1.165, 1.54) is 0 Å². The van der Waals surface area contributed by atoms with E-state index in [0.29, 0.717) is 6.04 Å². The van der Waals surface area contributed by atoms with Gasteiger partial charge in [0.25, 0.3) is 0 Å². The summed E-state index contributed by atoms with van der Waals surface area (Å²) < 4.78 is 2.16. The molecule has 2 N–H and O–H groups in total. The minimum absolute atomic E-state index is 0.0568. The van der Waals surface area contributed by atoms with Gasteiger partial charge in [-0.2, -0.15) is 0 Å². The predicted octanol–water partition coefficient (Wildman–Crippen LogP) is 1.70. The minimum Gasteiger partial charge on any atom is -0.395 e. The molecule has 0 spiro atoms. The maximum absolute atomic E-state index is 9.44. The summed E-state index contributed by atoms with van der Waals surface area (Å²) in [5, 5.41) is 12.8. The molecule has 0 bridgehead atoms. The molecule has 0 aliphatic heterocycles. The summed E-state index contributed by atoms with van der Waals surface area (Å²) in [4.78, 5) is 4.53. The van der Waals surface area contributed by atoms with E-state index in [9.17, 15) is 5.11 Å². The van der Waals surface area contributed by atoms with Crippen molar-refractivity contribution in [1.29, 1.82) is 0 Å². The SMILES string of the molecule is Cc1nc2ccccc2n1CC(CO)NC(C)C. The van der Waals surface area contributed by atoms with Crippen LogP contribution in [-0.4, -0.2) is 33.3 Å². The lowest BCUT2D eigenvalue weighted by molar-refractivity contribution is 0.222. The van der Waals surface area contributed by atoms with Crippen LogP contribution in [-0.2, 0) is 6.54 Å². The van der Waals surface area contributed by atoms with Crippen LogP contribution in [0.4, 0.5) is 0 Å². The first-order valence-corrected chi connectivity index (χ1v) is 6.40. The van der Waals surface area contributed by atoms with Crippen molar-refractivity contribution in [2.24, 2.45) is 0 Å². The van der Waals surface area contributed by atoms with Crippen LogP contribution in [0.2, 0.25) is 0 Å². The Bertz CT molecular complexity index is 519. The van der Waals surface area contributed by atoms with Gasteiger partial charge >= 0.3 is 0 Å². The van der Waals surface area contributed by atoms with Crippen molar-refractivity contribution in [1.82, 2.24) is 14.9 Å². The highest BCUT2D eigenvalue weighted by Crippen LogP contribution is 2.15. The maximum atomic E-state index is 9.44. The van der Waals surface area contributed by atoms with Crippen LogP contribution in [0.5, 0.6) is 0 Å². The number of aryl methyl sites for hydroxylation is 1. The van der Waals surface area contributed by atoms with Crippen molar-refractivity contribution in [3.05, 3.63) is 30.1 Å². The molecule has 0 amide bonds. The molecule has 2 rings (SSSR count). The summed E-state index contributed by atoms with van der Waals surface area (Å²) >= 11 is 0. The number of fused-ring (bicyclic) bond motifs is 1. The van der Waals surface area contributed by atoms with Gasteiger partial charge in [-0.25, -0.2) is 4.98 Å². The molecule has 4 nitrogen and oxygen atoms in total. The lowest BCUT2D eigenvalue weighted by Gasteiger charge is -2.20. The molecular weight excluding hydrogens is 226 g/mol. The van der Waals surface area contributed by atoms with E-state index in [0.717, 1.165) is 23.4 Å². The second-order valence-corrected chi connectivity index (χ2v) is 4.96. The average molecular weight is 247 g/mol. The molecule has 4 heteroatoms. The minimum atomic E-state index is 0.0568. The quantitative estimate of drug-likeness (QED) is 0.845. The van der Waals surface area contributed by atoms with E-state index >= 15 is 0 Å². The number of aliphatic hydroxyl groups excluding tert-OH is 1. The number of rotatable bonds is 5. The molecule has 98 valence electrons. The third-order valence-corrected chi connectivity index (χ3v) is 3.04. The molecule has 18 heavy (non-hydrogen) atoms. The number of nitrogens with one attached hydrogen (secondary N) is 1. The van der Waals surface area contributed by atoms with E-state index in [1.807, 2.05) is 25.1 Å². The van der Waals surface area contributed by atoms with Crippen LogP contribution in [0, 0.1) is 6.92 Å². The molecule has 1 atom stereocenters. The summed E-state index contributed by atoms with van der Waals surface area (Å²) in [5.41, 5.74) is 2.13. The Morgan fingerprint density at radius 3 is 2.72 bits per heavy atom. The molecule has 0 aliphatic rings. The summed E-state index contributed by atoms with van der Waals surface area (Å²) in [6.07, 6.45) is 0. The Kier molecular flexibility index (Phi) is 3.99. The highest BCUT2D eigenvalue weighted by molar-refractivity contribution is 5.75. The smallest absolute Gasteiger partial charge is 0.106 e. The predicted molar refractivity (Wildman–Crippen MR) is 73.6 cm³/mol. The van der Waals surface area contributed by atoms with E-state index in [1.54, 1.807) is 0 Å². The summed E-state index contributed by atoms with van der Waals surface area (Å²) in [6, 6.07) is 8.51. The monoisotopic (exact) mass is 247 g/mol. The number of imidazole rings is 1. The molecule has 1 unspecified atom stereocenters. The fourth-order valence-corrected chi connectivity index (χ4v) is 2.28. The molecular formula is C14H21N3O. The molecule has 0 saturated carbocycles. The van der Waals surface area contributed by atoms with E-state index in [-0.39, 0.29) is 12.6 Å². The van der Waals surface area contributed by atoms with Crippen molar-refractivity contribution < 1.29 is 5.11 Å². The fourth-order valence-electron chi connectivity index (χ4n) is 2.28. The van der Waals surface area contributed by atoms with Crippen molar-refractivity contribution >= 4 is 11.0 Å². The molecule has 1 aromatic carbocycles. The topological polar surface area (TPSA) is 50.1 Å². The van der Waals surface area contributed by atoms with Gasteiger partial charge in [0.2, 0.25) is 0 Å². The standard InChI is InChI=1S/C14H21N3O/c1-10(2)15-12(9-18)8-17-11(3)16-13-6-4-5-7-14(13)17/h4-7,10,12,15,18H,8-9H2,1-3H3. The Morgan fingerprint density at radius 2 is 2.06 bits per heavy atom. The van der Waals surface area contributed by atoms with Crippen LogP contribution in [0.3, 0.4) is 0 Å². The van der Waals surface area contributed by atoms with Gasteiger partial charge in [0.1, 0.15) is 5.82 Å². The van der Waals surface area contributed by atoms with Gasteiger partial charge in [-0.1, -0.05) is 26.0 Å². The number of hydrogen-bond donors (Lipinski definition) is 2. The second kappa shape index (κ2) is 5.50. The van der Waals surface area contributed by atoms with E-state index in [4.69, 9.17) is 0 Å². The third kappa shape index (κ3) is 2.71. The lowest BCUT2D eigenvalue weighted by atomic mass is 10.2. The first kappa shape index (κ1) is 13.1. The molecule has 0 aliphatic carbocycles. The Hall–Kier alpha value is -1.39. The number of benzene rings is 1. The van der Waals surface area contributed by atoms with Crippen LogP contribution in [0.25, 0.3) is 11.0 Å². The third-order valence-electron chi connectivity index (χ3n) is 3.04. The summed E-state index contributed by atoms with van der Waals surface area (Å²) in [7, 11) is 0. The fraction of sp³-hybridized carbons (Fsp3) is 0.500. The Morgan fingerprint density at radius 1 is 1.33 bits per heavy atom. The largest absolute Gasteiger partial charge is 0.395 e. The number of para-hydroxylation sites is 2. The van der Waals surface area contributed by atoms with Crippen LogP contribution in [0.15, 0.2) is 24.3 Å². The normalized spacial score (nSPS) is 13.4. The van der Waals surface area contributed by atoms with Crippen molar-refractivity contribution in [3.63, 3.8) is 0 Å². The zero-order chi connectivity index (χ0) is 13.1. The van der Waals surface area contributed by atoms with Crippen molar-refractivity contribution in [2.45, 2.75) is 39.4 Å². The summed E-state index contributed by atoms with van der Waals surface area (Å²) in [6.45, 7) is 7.04. The second-order valence-electron chi connectivity index (χ2n) is 4.96. The zero-order valence-corrected chi connectivity index (χ0v) is 11.2. The van der Waals surface area contributed by atoms with Crippen molar-refractivity contribution in [2.75, 3.05) is 6.61 Å². The van der Waals surface area contributed by atoms with Gasteiger partial charge in [0.15, 0.2) is 0 Å². The van der Waals surface area contributed by atoms with Gasteiger partial charge in [-0.05, 0) is 19.1 Å². The van der Waals surface area contributed by atoms with Gasteiger partial charge in [0.05, 0.1) is 17.6 Å². The molecule has 1 heterocycles. The summed E-state index contributed by atoms with van der Waals surface area (Å²) in [5.74, 6) is 0.986. The molecule has 0 saturated heterocycles. The van der Waals surface area contributed by atoms with Crippen LogP contribution >= 0.6 is 0 Å².